The first-order valence-electron chi connectivity index (χ1n) is 11.3. The molecule has 1 aromatic carbocycles. The first-order valence-corrected chi connectivity index (χ1v) is 12.1. The van der Waals surface area contributed by atoms with Gasteiger partial charge in [0.2, 0.25) is 5.91 Å². The molecule has 0 saturated heterocycles. The number of carbonyl (C=O) groups is 1. The predicted octanol–water partition coefficient (Wildman–Crippen LogP) is 3.71. The Bertz CT molecular complexity index is 1030. The van der Waals surface area contributed by atoms with Crippen molar-refractivity contribution < 1.29 is 15.0 Å². The molecule has 2 aliphatic rings. The minimum Gasteiger partial charge on any atom is -0.396 e. The van der Waals surface area contributed by atoms with Crippen molar-refractivity contribution in [2.24, 2.45) is 16.7 Å². The zero-order valence-corrected chi connectivity index (χ0v) is 19.9. The van der Waals surface area contributed by atoms with Crippen LogP contribution in [0.3, 0.4) is 0 Å². The molecule has 1 saturated carbocycles. The molecule has 170 valence electrons. The lowest BCUT2D eigenvalue weighted by Crippen LogP contribution is -2.57. The molecule has 1 fully saturated rings. The smallest absolute Gasteiger partial charge is 0.223 e. The van der Waals surface area contributed by atoms with E-state index in [9.17, 15) is 15.0 Å². The van der Waals surface area contributed by atoms with Crippen LogP contribution in [0.1, 0.15) is 49.6 Å². The molecule has 5 unspecified atom stereocenters. The summed E-state index contributed by atoms with van der Waals surface area (Å²) in [4.78, 5) is 20.9. The van der Waals surface area contributed by atoms with Crippen molar-refractivity contribution in [3.8, 4) is 22.9 Å². The van der Waals surface area contributed by atoms with Gasteiger partial charge < -0.3 is 15.1 Å². The molecule has 2 aliphatic carbocycles. The molecule has 4 rings (SSSR count). The van der Waals surface area contributed by atoms with Crippen LogP contribution >= 0.6 is 11.3 Å². The summed E-state index contributed by atoms with van der Waals surface area (Å²) in [6, 6.07) is 10.1. The average Bonchev–Trinajstić information content (AvgIpc) is 3.22. The number of amides is 1. The van der Waals surface area contributed by atoms with E-state index in [1.54, 1.807) is 23.3 Å². The third kappa shape index (κ3) is 3.67. The van der Waals surface area contributed by atoms with E-state index >= 15 is 0 Å². The maximum absolute atomic E-state index is 13.1. The number of hydrogen-bond donors (Lipinski definition) is 2. The fourth-order valence-corrected chi connectivity index (χ4v) is 7.08. The van der Waals surface area contributed by atoms with E-state index in [2.05, 4.69) is 25.0 Å². The number of fused-ring (bicyclic) bond motifs is 2. The Morgan fingerprint density at radius 3 is 2.72 bits per heavy atom. The van der Waals surface area contributed by atoms with Crippen molar-refractivity contribution in [2.75, 3.05) is 20.2 Å². The summed E-state index contributed by atoms with van der Waals surface area (Å²) in [7, 11) is 1.74. The van der Waals surface area contributed by atoms with Crippen LogP contribution in [-0.2, 0) is 11.2 Å². The third-order valence-corrected chi connectivity index (χ3v) is 9.19. The Labute approximate surface area is 194 Å². The zero-order chi connectivity index (χ0) is 23.1. The summed E-state index contributed by atoms with van der Waals surface area (Å²) in [6.07, 6.45) is 7.37. The summed E-state index contributed by atoms with van der Waals surface area (Å²) < 4.78 is 0. The molecule has 1 aromatic heterocycles. The maximum Gasteiger partial charge on any atom is 0.223 e. The van der Waals surface area contributed by atoms with Gasteiger partial charge >= 0.3 is 0 Å². The minimum atomic E-state index is -0.617. The number of terminal acetylenes is 1. The maximum atomic E-state index is 13.1. The van der Waals surface area contributed by atoms with Gasteiger partial charge in [-0.2, -0.15) is 0 Å². The predicted molar refractivity (Wildman–Crippen MR) is 127 cm³/mol. The molecule has 2 N–H and O–H groups in total. The van der Waals surface area contributed by atoms with E-state index in [-0.39, 0.29) is 36.3 Å². The van der Waals surface area contributed by atoms with Crippen LogP contribution in [0, 0.1) is 29.1 Å². The lowest BCUT2D eigenvalue weighted by molar-refractivity contribution is -0.146. The lowest BCUT2D eigenvalue weighted by atomic mass is 9.47. The molecule has 0 aliphatic heterocycles. The largest absolute Gasteiger partial charge is 0.396 e. The van der Waals surface area contributed by atoms with E-state index in [1.807, 2.05) is 25.1 Å². The van der Waals surface area contributed by atoms with Gasteiger partial charge in [0.25, 0.3) is 0 Å². The quantitative estimate of drug-likeness (QED) is 0.679. The number of nitrogens with zero attached hydrogens (tertiary/aromatic N) is 2. The van der Waals surface area contributed by atoms with Crippen molar-refractivity contribution >= 4 is 17.2 Å². The molecular formula is C26H32N2O3S. The summed E-state index contributed by atoms with van der Waals surface area (Å²) in [5.41, 5.74) is 1.21. The third-order valence-electron chi connectivity index (χ3n) is 8.05. The molecule has 0 bridgehead atoms. The van der Waals surface area contributed by atoms with Gasteiger partial charge in [-0.15, -0.1) is 17.8 Å². The molecular weight excluding hydrogens is 420 g/mol. The molecule has 2 aromatic rings. The van der Waals surface area contributed by atoms with Gasteiger partial charge in [-0.25, -0.2) is 4.98 Å². The summed E-state index contributed by atoms with van der Waals surface area (Å²) in [6.45, 7) is 4.41. The summed E-state index contributed by atoms with van der Waals surface area (Å²) in [5.74, 6) is 2.52. The second-order valence-corrected chi connectivity index (χ2v) is 11.0. The SMILES string of the molecule is C#CCN(C)C(=O)CC1c2nc(-c3ccccc3)sc2CC2C(C)(CO)C(O)CCC12C. The number of rotatable bonds is 5. The molecule has 1 heterocycles. The normalized spacial score (nSPS) is 31.3. The van der Waals surface area contributed by atoms with Crippen LogP contribution in [-0.4, -0.2) is 52.3 Å². The Balaban J connectivity index is 1.81. The topological polar surface area (TPSA) is 73.7 Å². The monoisotopic (exact) mass is 452 g/mol. The highest BCUT2D eigenvalue weighted by atomic mass is 32.1. The second kappa shape index (κ2) is 8.62. The van der Waals surface area contributed by atoms with E-state index in [0.29, 0.717) is 12.8 Å². The molecule has 6 heteroatoms. The van der Waals surface area contributed by atoms with Gasteiger partial charge in [0.15, 0.2) is 0 Å². The van der Waals surface area contributed by atoms with Crippen LogP contribution in [0.15, 0.2) is 30.3 Å². The molecule has 32 heavy (non-hydrogen) atoms. The van der Waals surface area contributed by atoms with Gasteiger partial charge in [0, 0.05) is 35.2 Å². The molecule has 0 spiro atoms. The number of thiazole rings is 1. The van der Waals surface area contributed by atoms with Gasteiger partial charge in [-0.1, -0.05) is 50.1 Å². The summed E-state index contributed by atoms with van der Waals surface area (Å²) in [5, 5.41) is 22.2. The standard InChI is InChI=1S/C26H32N2O3S/c1-5-13-28(4)22(31)14-18-23-19(32-24(27-23)17-9-7-6-8-10-17)15-20-25(18,2)12-11-21(30)26(20,3)16-29/h1,6-10,18,20-21,29-30H,11-16H2,2-4H3. The highest BCUT2D eigenvalue weighted by molar-refractivity contribution is 7.15. The van der Waals surface area contributed by atoms with Crippen LogP contribution in [0.4, 0.5) is 0 Å². The molecule has 5 atom stereocenters. The Morgan fingerprint density at radius 1 is 1.34 bits per heavy atom. The Morgan fingerprint density at radius 2 is 2.06 bits per heavy atom. The number of aliphatic hydroxyl groups is 2. The fraction of sp³-hybridized carbons (Fsp3) is 0.538. The number of carbonyl (C=O) groups excluding carboxylic acids is 1. The number of benzene rings is 1. The van der Waals surface area contributed by atoms with Crippen LogP contribution in [0.5, 0.6) is 0 Å². The van der Waals surface area contributed by atoms with E-state index < -0.39 is 11.5 Å². The average molecular weight is 453 g/mol. The fourth-order valence-electron chi connectivity index (χ4n) is 5.91. The number of aliphatic hydroxyl groups excluding tert-OH is 2. The van der Waals surface area contributed by atoms with E-state index in [4.69, 9.17) is 11.4 Å². The molecule has 0 radical (unpaired) electrons. The van der Waals surface area contributed by atoms with Crippen LogP contribution in [0.2, 0.25) is 0 Å². The van der Waals surface area contributed by atoms with Crippen molar-refractivity contribution in [3.63, 3.8) is 0 Å². The first-order chi connectivity index (χ1) is 15.2. The van der Waals surface area contributed by atoms with Gasteiger partial charge in [-0.05, 0) is 30.6 Å². The van der Waals surface area contributed by atoms with Gasteiger partial charge in [-0.3, -0.25) is 4.79 Å². The highest BCUT2D eigenvalue weighted by Crippen LogP contribution is 2.63. The minimum absolute atomic E-state index is 0.00635. The number of aromatic nitrogens is 1. The van der Waals surface area contributed by atoms with E-state index in [1.165, 1.54) is 0 Å². The Kier molecular flexibility index (Phi) is 6.19. The first kappa shape index (κ1) is 23.0. The molecule has 5 nitrogen and oxygen atoms in total. The van der Waals surface area contributed by atoms with Crippen molar-refractivity contribution in [2.45, 2.75) is 51.6 Å². The van der Waals surface area contributed by atoms with Crippen molar-refractivity contribution in [1.82, 2.24) is 9.88 Å². The van der Waals surface area contributed by atoms with Crippen molar-refractivity contribution in [1.29, 1.82) is 0 Å². The zero-order valence-electron chi connectivity index (χ0n) is 19.0. The summed E-state index contributed by atoms with van der Waals surface area (Å²) >= 11 is 1.67. The number of hydrogen-bond acceptors (Lipinski definition) is 5. The van der Waals surface area contributed by atoms with Gasteiger partial charge in [0.1, 0.15) is 5.01 Å². The van der Waals surface area contributed by atoms with Gasteiger partial charge in [0.05, 0.1) is 24.9 Å². The lowest BCUT2D eigenvalue weighted by Gasteiger charge is -2.58. The Hall–Kier alpha value is -2.20. The highest BCUT2D eigenvalue weighted by Gasteiger charge is 2.59. The molecule has 1 amide bonds. The van der Waals surface area contributed by atoms with Crippen LogP contribution in [0.25, 0.3) is 10.6 Å². The second-order valence-electron chi connectivity index (χ2n) is 9.89. The van der Waals surface area contributed by atoms with E-state index in [0.717, 1.165) is 34.0 Å². The van der Waals surface area contributed by atoms with Crippen LogP contribution < -0.4 is 0 Å². The van der Waals surface area contributed by atoms with Crippen molar-refractivity contribution in [3.05, 3.63) is 40.9 Å².